The zero-order chi connectivity index (χ0) is 20.8. The maximum Gasteiger partial charge on any atom is 0.191 e. The van der Waals surface area contributed by atoms with E-state index < -0.39 is 17.7 Å². The first-order valence-electron chi connectivity index (χ1n) is 9.87. The van der Waals surface area contributed by atoms with Gasteiger partial charge in [-0.15, -0.1) is 24.0 Å². The molecule has 1 aliphatic heterocycles. The van der Waals surface area contributed by atoms with E-state index in [2.05, 4.69) is 32.7 Å². The van der Waals surface area contributed by atoms with E-state index in [-0.39, 0.29) is 35.6 Å². The van der Waals surface area contributed by atoms with Crippen molar-refractivity contribution in [1.82, 2.24) is 15.5 Å². The Morgan fingerprint density at radius 3 is 2.40 bits per heavy atom. The van der Waals surface area contributed by atoms with E-state index >= 15 is 0 Å². The molecular weight excluding hydrogens is 499 g/mol. The Balaban J connectivity index is 0.00000320. The van der Waals surface area contributed by atoms with Crippen LogP contribution in [-0.2, 0) is 0 Å². The molecule has 2 N–H and O–H groups in total. The van der Waals surface area contributed by atoms with Crippen LogP contribution in [-0.4, -0.2) is 57.7 Å². The highest BCUT2D eigenvalue weighted by Crippen LogP contribution is 2.24. The number of hydrogen-bond donors (Lipinski definition) is 2. The van der Waals surface area contributed by atoms with Gasteiger partial charge in [0.1, 0.15) is 11.6 Å². The average molecular weight is 529 g/mol. The lowest BCUT2D eigenvalue weighted by atomic mass is 10.0. The summed E-state index contributed by atoms with van der Waals surface area (Å²) in [6.45, 7) is 2.18. The molecule has 0 amide bonds. The van der Waals surface area contributed by atoms with Gasteiger partial charge in [-0.3, -0.25) is 4.99 Å². The first kappa shape index (κ1) is 24.3. The molecule has 1 heterocycles. The number of guanidine groups is 1. The van der Waals surface area contributed by atoms with E-state index in [0.29, 0.717) is 12.5 Å². The van der Waals surface area contributed by atoms with Crippen molar-refractivity contribution < 1.29 is 8.78 Å². The smallest absolute Gasteiger partial charge is 0.191 e. The Bertz CT molecular complexity index is 811. The molecule has 1 fully saturated rings. The monoisotopic (exact) mass is 529 g/mol. The van der Waals surface area contributed by atoms with Gasteiger partial charge in [-0.1, -0.05) is 24.3 Å². The summed E-state index contributed by atoms with van der Waals surface area (Å²) in [6, 6.07) is 14.1. The zero-order valence-corrected chi connectivity index (χ0v) is 19.9. The Morgan fingerprint density at radius 2 is 1.80 bits per heavy atom. The SMILES string of the molecule is CN=C(NCC(c1c(F)cccc1F)N(C)C)NC1CCN(c2ccccc2)C1.I. The highest BCUT2D eigenvalue weighted by Gasteiger charge is 2.25. The highest BCUT2D eigenvalue weighted by atomic mass is 127. The molecule has 30 heavy (non-hydrogen) atoms. The summed E-state index contributed by atoms with van der Waals surface area (Å²) < 4.78 is 28.5. The van der Waals surface area contributed by atoms with E-state index in [1.807, 2.05) is 32.3 Å². The van der Waals surface area contributed by atoms with Gasteiger partial charge in [-0.25, -0.2) is 8.78 Å². The number of para-hydroxylation sites is 1. The third-order valence-corrected chi connectivity index (χ3v) is 5.29. The molecule has 8 heteroatoms. The van der Waals surface area contributed by atoms with Crippen LogP contribution in [0, 0.1) is 11.6 Å². The summed E-state index contributed by atoms with van der Waals surface area (Å²) in [5.41, 5.74) is 1.28. The molecule has 0 aromatic heterocycles. The van der Waals surface area contributed by atoms with Crippen molar-refractivity contribution in [1.29, 1.82) is 0 Å². The van der Waals surface area contributed by atoms with E-state index in [1.165, 1.54) is 23.9 Å². The van der Waals surface area contributed by atoms with Crippen molar-refractivity contribution in [2.75, 3.05) is 45.7 Å². The molecule has 2 unspecified atom stereocenters. The maximum absolute atomic E-state index is 14.3. The summed E-state index contributed by atoms with van der Waals surface area (Å²) in [5.74, 6) is -0.445. The minimum absolute atomic E-state index is 0. The number of aliphatic imine (C=N–C) groups is 1. The number of anilines is 1. The normalized spacial score (nSPS) is 17.6. The lowest BCUT2D eigenvalue weighted by Crippen LogP contribution is -2.47. The van der Waals surface area contributed by atoms with Gasteiger partial charge in [0.2, 0.25) is 0 Å². The molecule has 2 aromatic carbocycles. The molecular formula is C22H30F2IN5. The Labute approximate surface area is 194 Å². The van der Waals surface area contributed by atoms with Gasteiger partial charge in [-0.05, 0) is 44.8 Å². The number of nitrogens with zero attached hydrogens (tertiary/aromatic N) is 3. The highest BCUT2D eigenvalue weighted by molar-refractivity contribution is 14.0. The van der Waals surface area contributed by atoms with Crippen molar-refractivity contribution in [2.45, 2.75) is 18.5 Å². The van der Waals surface area contributed by atoms with Crippen molar-refractivity contribution in [3.05, 3.63) is 65.7 Å². The standard InChI is InChI=1S/C22H29F2N5.HI/c1-25-22(27-16-12-13-29(15-16)17-8-5-4-6-9-17)26-14-20(28(2)3)21-18(23)10-7-11-19(21)24;/h4-11,16,20H,12-15H2,1-3H3,(H2,25,26,27);1H. The fourth-order valence-electron chi connectivity index (χ4n) is 3.70. The zero-order valence-electron chi connectivity index (χ0n) is 17.6. The molecule has 0 saturated carbocycles. The average Bonchev–Trinajstić information content (AvgIpc) is 3.18. The summed E-state index contributed by atoms with van der Waals surface area (Å²) in [6.07, 6.45) is 0.995. The van der Waals surface area contributed by atoms with Crippen LogP contribution in [0.25, 0.3) is 0 Å². The molecule has 3 rings (SSSR count). The van der Waals surface area contributed by atoms with Crippen molar-refractivity contribution in [3.8, 4) is 0 Å². The number of halogens is 3. The van der Waals surface area contributed by atoms with E-state index in [4.69, 9.17) is 0 Å². The first-order chi connectivity index (χ1) is 14.0. The van der Waals surface area contributed by atoms with Crippen molar-refractivity contribution in [3.63, 3.8) is 0 Å². The molecule has 1 saturated heterocycles. The van der Waals surface area contributed by atoms with Crippen LogP contribution < -0.4 is 15.5 Å². The molecule has 2 aromatic rings. The predicted octanol–water partition coefficient (Wildman–Crippen LogP) is 3.63. The number of hydrogen-bond acceptors (Lipinski definition) is 3. The maximum atomic E-state index is 14.3. The topological polar surface area (TPSA) is 42.9 Å². The first-order valence-corrected chi connectivity index (χ1v) is 9.87. The fourth-order valence-corrected chi connectivity index (χ4v) is 3.70. The number of rotatable bonds is 6. The second kappa shape index (κ2) is 11.5. The molecule has 164 valence electrons. The number of benzene rings is 2. The van der Waals surface area contributed by atoms with Gasteiger partial charge in [0.05, 0.1) is 6.04 Å². The molecule has 0 aliphatic carbocycles. The van der Waals surface area contributed by atoms with Crippen LogP contribution in [0.15, 0.2) is 53.5 Å². The second-order valence-corrected chi connectivity index (χ2v) is 7.48. The Morgan fingerprint density at radius 1 is 1.13 bits per heavy atom. The van der Waals surface area contributed by atoms with Gasteiger partial charge in [0, 0.05) is 44.0 Å². The Kier molecular flexibility index (Phi) is 9.29. The van der Waals surface area contributed by atoms with E-state index in [9.17, 15) is 8.78 Å². The third-order valence-electron chi connectivity index (χ3n) is 5.29. The van der Waals surface area contributed by atoms with Crippen LogP contribution in [0.4, 0.5) is 14.5 Å². The summed E-state index contributed by atoms with van der Waals surface area (Å²) in [7, 11) is 5.32. The molecule has 0 bridgehead atoms. The van der Waals surface area contributed by atoms with Crippen LogP contribution in [0.2, 0.25) is 0 Å². The number of nitrogens with one attached hydrogen (secondary N) is 2. The number of likely N-dealkylation sites (N-methyl/N-ethyl adjacent to an activating group) is 1. The van der Waals surface area contributed by atoms with Crippen LogP contribution >= 0.6 is 24.0 Å². The molecule has 1 aliphatic rings. The van der Waals surface area contributed by atoms with Gasteiger partial charge < -0.3 is 20.4 Å². The third kappa shape index (κ3) is 6.04. The molecule has 0 spiro atoms. The molecule has 2 atom stereocenters. The van der Waals surface area contributed by atoms with Gasteiger partial charge in [0.25, 0.3) is 0 Å². The largest absolute Gasteiger partial charge is 0.369 e. The lowest BCUT2D eigenvalue weighted by Gasteiger charge is -2.27. The summed E-state index contributed by atoms with van der Waals surface area (Å²) in [4.78, 5) is 8.42. The fraction of sp³-hybridized carbons (Fsp3) is 0.409. The van der Waals surface area contributed by atoms with Gasteiger partial charge in [-0.2, -0.15) is 0 Å². The Hall–Kier alpha value is -1.94. The van der Waals surface area contributed by atoms with Crippen LogP contribution in [0.3, 0.4) is 0 Å². The summed E-state index contributed by atoms with van der Waals surface area (Å²) in [5, 5.41) is 6.66. The molecule has 5 nitrogen and oxygen atoms in total. The van der Waals surface area contributed by atoms with E-state index in [0.717, 1.165) is 19.5 Å². The molecule has 0 radical (unpaired) electrons. The van der Waals surface area contributed by atoms with Gasteiger partial charge in [0.15, 0.2) is 5.96 Å². The van der Waals surface area contributed by atoms with E-state index in [1.54, 1.807) is 11.9 Å². The predicted molar refractivity (Wildman–Crippen MR) is 130 cm³/mol. The lowest BCUT2D eigenvalue weighted by molar-refractivity contribution is 0.282. The van der Waals surface area contributed by atoms with Crippen molar-refractivity contribution in [2.24, 2.45) is 4.99 Å². The minimum atomic E-state index is -0.539. The van der Waals surface area contributed by atoms with Gasteiger partial charge >= 0.3 is 0 Å². The van der Waals surface area contributed by atoms with Crippen LogP contribution in [0.1, 0.15) is 18.0 Å². The quantitative estimate of drug-likeness (QED) is 0.341. The van der Waals surface area contributed by atoms with Crippen molar-refractivity contribution >= 4 is 35.6 Å². The van der Waals surface area contributed by atoms with Crippen LogP contribution in [0.5, 0.6) is 0 Å². The summed E-state index contributed by atoms with van der Waals surface area (Å²) >= 11 is 0. The minimum Gasteiger partial charge on any atom is -0.369 e. The second-order valence-electron chi connectivity index (χ2n) is 7.48.